The topological polar surface area (TPSA) is 23.6 Å². The van der Waals surface area contributed by atoms with Crippen molar-refractivity contribution in [3.05, 3.63) is 0 Å². The molecule has 1 aliphatic rings. The largest absolute Gasteiger partial charge is 0.343 e. The normalized spacial score (nSPS) is 21.3. The zero-order valence-corrected chi connectivity index (χ0v) is 12.5. The van der Waals surface area contributed by atoms with Crippen LogP contribution in [0.2, 0.25) is 0 Å². The second-order valence-corrected chi connectivity index (χ2v) is 4.24. The van der Waals surface area contributed by atoms with Gasteiger partial charge in [-0.2, -0.15) is 0 Å². The number of piperidine rings is 1. The van der Waals surface area contributed by atoms with E-state index in [2.05, 4.69) is 25.7 Å². The van der Waals surface area contributed by atoms with Gasteiger partial charge in [-0.1, -0.05) is 6.92 Å². The highest BCUT2D eigenvalue weighted by Gasteiger charge is 2.27. The Morgan fingerprint density at radius 2 is 1.94 bits per heavy atom. The van der Waals surface area contributed by atoms with Gasteiger partial charge in [0.05, 0.1) is 5.92 Å². The van der Waals surface area contributed by atoms with Gasteiger partial charge in [0.2, 0.25) is 5.91 Å². The monoisotopic (exact) mass is 292 g/mol. The summed E-state index contributed by atoms with van der Waals surface area (Å²) in [6, 6.07) is 0. The molecule has 1 heterocycles. The zero-order valence-electron chi connectivity index (χ0n) is 10.7. The third-order valence-electron chi connectivity index (χ3n) is 3.38. The zero-order chi connectivity index (χ0) is 11.3. The summed E-state index contributed by atoms with van der Waals surface area (Å²) in [7, 11) is 0. The molecule has 1 atom stereocenters. The van der Waals surface area contributed by atoms with Gasteiger partial charge in [-0.15, -0.1) is 17.0 Å². The Morgan fingerprint density at radius 1 is 1.31 bits per heavy atom. The van der Waals surface area contributed by atoms with Crippen molar-refractivity contribution in [1.82, 2.24) is 9.80 Å². The number of amides is 1. The number of carbonyl (C=O) groups excluding carboxylic acids is 1. The fourth-order valence-electron chi connectivity index (χ4n) is 2.34. The van der Waals surface area contributed by atoms with Crippen LogP contribution in [0.5, 0.6) is 0 Å². The Labute approximate surface area is 110 Å². The molecule has 96 valence electrons. The molecule has 0 spiro atoms. The lowest BCUT2D eigenvalue weighted by Gasteiger charge is -2.33. The quantitative estimate of drug-likeness (QED) is 0.793. The van der Waals surface area contributed by atoms with Crippen LogP contribution in [0.15, 0.2) is 0 Å². The van der Waals surface area contributed by atoms with Gasteiger partial charge in [0.25, 0.3) is 0 Å². The Bertz CT molecular complexity index is 207. The molecule has 0 aromatic heterocycles. The molecule has 4 heteroatoms. The minimum absolute atomic E-state index is 0. The maximum Gasteiger partial charge on any atom is 0.226 e. The van der Waals surface area contributed by atoms with Crippen LogP contribution in [0.25, 0.3) is 0 Å². The van der Waals surface area contributed by atoms with Crippen molar-refractivity contribution in [3.8, 4) is 0 Å². The first-order valence-electron chi connectivity index (χ1n) is 6.24. The number of hydrogen-bond acceptors (Lipinski definition) is 2. The molecule has 1 saturated heterocycles. The van der Waals surface area contributed by atoms with Crippen molar-refractivity contribution in [2.75, 3.05) is 32.7 Å². The highest BCUT2D eigenvalue weighted by Crippen LogP contribution is 2.18. The van der Waals surface area contributed by atoms with Crippen molar-refractivity contribution >= 4 is 22.9 Å². The summed E-state index contributed by atoms with van der Waals surface area (Å²) in [6.45, 7) is 11.2. The molecule has 0 aromatic carbocycles. The van der Waals surface area contributed by atoms with Gasteiger partial charge < -0.3 is 9.80 Å². The number of rotatable bonds is 4. The summed E-state index contributed by atoms with van der Waals surface area (Å²) in [5.74, 6) is 0.608. The van der Waals surface area contributed by atoms with E-state index in [-0.39, 0.29) is 22.9 Å². The molecule has 0 radical (unpaired) electrons. The molecule has 1 rings (SSSR count). The molecule has 0 aromatic rings. The summed E-state index contributed by atoms with van der Waals surface area (Å²) < 4.78 is 0. The molecule has 1 fully saturated rings. The SMILES string of the molecule is Br.CCN1CCCC(C(=O)N(CC)CC)C1. The van der Waals surface area contributed by atoms with Crippen LogP contribution in [0.3, 0.4) is 0 Å². The molecule has 3 nitrogen and oxygen atoms in total. The van der Waals surface area contributed by atoms with Crippen LogP contribution < -0.4 is 0 Å². The summed E-state index contributed by atoms with van der Waals surface area (Å²) in [4.78, 5) is 16.5. The number of nitrogens with zero attached hydrogens (tertiary/aromatic N) is 2. The molecule has 0 aliphatic carbocycles. The lowest BCUT2D eigenvalue weighted by atomic mass is 9.96. The minimum atomic E-state index is 0. The summed E-state index contributed by atoms with van der Waals surface area (Å²) in [5.41, 5.74) is 0. The lowest BCUT2D eigenvalue weighted by Crippen LogP contribution is -2.44. The van der Waals surface area contributed by atoms with Crippen molar-refractivity contribution < 1.29 is 4.79 Å². The number of carbonyl (C=O) groups is 1. The predicted molar refractivity (Wildman–Crippen MR) is 73.1 cm³/mol. The van der Waals surface area contributed by atoms with Gasteiger partial charge in [0, 0.05) is 19.6 Å². The van der Waals surface area contributed by atoms with Crippen LogP contribution in [0.1, 0.15) is 33.6 Å². The van der Waals surface area contributed by atoms with Crippen LogP contribution in [0, 0.1) is 5.92 Å². The van der Waals surface area contributed by atoms with E-state index in [1.165, 1.54) is 13.0 Å². The highest BCUT2D eigenvalue weighted by molar-refractivity contribution is 8.93. The van der Waals surface area contributed by atoms with Gasteiger partial charge >= 0.3 is 0 Å². The van der Waals surface area contributed by atoms with E-state index in [4.69, 9.17) is 0 Å². The van der Waals surface area contributed by atoms with E-state index < -0.39 is 0 Å². The molecule has 1 amide bonds. The molecule has 0 saturated carbocycles. The first-order valence-corrected chi connectivity index (χ1v) is 6.24. The minimum Gasteiger partial charge on any atom is -0.343 e. The first-order chi connectivity index (χ1) is 7.22. The molecule has 0 N–H and O–H groups in total. The summed E-state index contributed by atoms with van der Waals surface area (Å²) >= 11 is 0. The molecule has 16 heavy (non-hydrogen) atoms. The summed E-state index contributed by atoms with van der Waals surface area (Å²) in [5, 5.41) is 0. The standard InChI is InChI=1S/C12H24N2O.BrH/c1-4-13-9-7-8-11(10-13)12(15)14(5-2)6-3;/h11H,4-10H2,1-3H3;1H. The second-order valence-electron chi connectivity index (χ2n) is 4.24. The fourth-order valence-corrected chi connectivity index (χ4v) is 2.34. The lowest BCUT2D eigenvalue weighted by molar-refractivity contribution is -0.136. The van der Waals surface area contributed by atoms with Crippen LogP contribution in [0.4, 0.5) is 0 Å². The average Bonchev–Trinajstić information content (AvgIpc) is 2.30. The first kappa shape index (κ1) is 15.9. The number of halogens is 1. The van der Waals surface area contributed by atoms with Crippen LogP contribution in [-0.4, -0.2) is 48.4 Å². The maximum absolute atomic E-state index is 12.1. The van der Waals surface area contributed by atoms with E-state index in [0.29, 0.717) is 5.91 Å². The third-order valence-corrected chi connectivity index (χ3v) is 3.38. The van der Waals surface area contributed by atoms with Crippen molar-refractivity contribution in [1.29, 1.82) is 0 Å². The van der Waals surface area contributed by atoms with Gasteiger partial charge in [-0.3, -0.25) is 4.79 Å². The number of likely N-dealkylation sites (tertiary alicyclic amines) is 1. The Kier molecular flexibility index (Phi) is 8.02. The van der Waals surface area contributed by atoms with E-state index in [9.17, 15) is 4.79 Å². The highest BCUT2D eigenvalue weighted by atomic mass is 79.9. The number of hydrogen-bond donors (Lipinski definition) is 0. The predicted octanol–water partition coefficient (Wildman–Crippen LogP) is 2.16. The molecular formula is C12H25BrN2O. The van der Waals surface area contributed by atoms with Gasteiger partial charge in [0.15, 0.2) is 0 Å². The van der Waals surface area contributed by atoms with Gasteiger partial charge in [0.1, 0.15) is 0 Å². The molecular weight excluding hydrogens is 268 g/mol. The summed E-state index contributed by atoms with van der Waals surface area (Å²) in [6.07, 6.45) is 2.25. The fraction of sp³-hybridized carbons (Fsp3) is 0.917. The van der Waals surface area contributed by atoms with Crippen molar-refractivity contribution in [3.63, 3.8) is 0 Å². The average molecular weight is 293 g/mol. The Balaban J connectivity index is 0.00000225. The maximum atomic E-state index is 12.1. The van der Waals surface area contributed by atoms with E-state index in [1.807, 2.05) is 4.90 Å². The Hall–Kier alpha value is -0.0900. The van der Waals surface area contributed by atoms with E-state index in [1.54, 1.807) is 0 Å². The van der Waals surface area contributed by atoms with Crippen LogP contribution in [-0.2, 0) is 4.79 Å². The molecule has 1 unspecified atom stereocenters. The van der Waals surface area contributed by atoms with Crippen molar-refractivity contribution in [2.45, 2.75) is 33.6 Å². The van der Waals surface area contributed by atoms with Crippen molar-refractivity contribution in [2.24, 2.45) is 5.92 Å². The molecule has 0 bridgehead atoms. The second kappa shape index (κ2) is 8.07. The Morgan fingerprint density at radius 3 is 2.44 bits per heavy atom. The third kappa shape index (κ3) is 4.06. The molecule has 1 aliphatic heterocycles. The van der Waals surface area contributed by atoms with E-state index in [0.717, 1.165) is 32.6 Å². The van der Waals surface area contributed by atoms with Gasteiger partial charge in [-0.25, -0.2) is 0 Å². The van der Waals surface area contributed by atoms with Gasteiger partial charge in [-0.05, 0) is 39.8 Å². The van der Waals surface area contributed by atoms with Crippen LogP contribution >= 0.6 is 17.0 Å². The van der Waals surface area contributed by atoms with E-state index >= 15 is 0 Å². The smallest absolute Gasteiger partial charge is 0.226 e.